The van der Waals surface area contributed by atoms with E-state index >= 15 is 0 Å². The second-order valence-corrected chi connectivity index (χ2v) is 17.4. The lowest BCUT2D eigenvalue weighted by Gasteiger charge is -2.19. The van der Waals surface area contributed by atoms with Crippen molar-refractivity contribution in [2.45, 2.75) is 200 Å². The van der Waals surface area contributed by atoms with E-state index in [1.807, 2.05) is 18.7 Å². The quantitative estimate of drug-likeness (QED) is 0.0267. The van der Waals surface area contributed by atoms with Gasteiger partial charge in [-0.1, -0.05) is 149 Å². The molecule has 1 unspecified atom stereocenters. The normalized spacial score (nSPS) is 11.6. The van der Waals surface area contributed by atoms with Crippen molar-refractivity contribution in [1.29, 1.82) is 0 Å². The number of unbranched alkanes of at least 4 members (excludes halogenated alkanes) is 19. The van der Waals surface area contributed by atoms with Gasteiger partial charge in [0, 0.05) is 68.0 Å². The van der Waals surface area contributed by atoms with E-state index in [1.165, 1.54) is 146 Å². The molecule has 0 saturated carbocycles. The highest BCUT2D eigenvalue weighted by atomic mass is 32.2. The summed E-state index contributed by atoms with van der Waals surface area (Å²) in [7, 11) is 0. The van der Waals surface area contributed by atoms with Gasteiger partial charge in [-0.05, 0) is 82.7 Å². The minimum absolute atomic E-state index is 0.136. The van der Waals surface area contributed by atoms with Crippen LogP contribution in [0.15, 0.2) is 49.6 Å². The van der Waals surface area contributed by atoms with E-state index in [1.54, 1.807) is 11.1 Å². The number of nitrogens with one attached hydrogen (secondary N) is 5. The van der Waals surface area contributed by atoms with Crippen LogP contribution in [0.2, 0.25) is 0 Å². The monoisotopic (exact) mass is 819 g/mol. The Labute approximate surface area is 358 Å². The van der Waals surface area contributed by atoms with Crippen LogP contribution in [0.3, 0.4) is 0 Å². The second-order valence-electron chi connectivity index (χ2n) is 16.2. The molecular weight excluding hydrogens is 725 g/mol. The number of hydrogen-bond acceptors (Lipinski definition) is 8. The zero-order chi connectivity index (χ0) is 41.9. The van der Waals surface area contributed by atoms with Gasteiger partial charge in [0.25, 0.3) is 0 Å². The van der Waals surface area contributed by atoms with Crippen LogP contribution in [0, 0.1) is 0 Å². The molecule has 0 aliphatic rings. The number of allylic oxidation sites excluding steroid dienone is 3. The van der Waals surface area contributed by atoms with Gasteiger partial charge in [0.05, 0.1) is 0 Å². The zero-order valence-corrected chi connectivity index (χ0v) is 38.5. The summed E-state index contributed by atoms with van der Waals surface area (Å²) in [6, 6.07) is 0.264. The van der Waals surface area contributed by atoms with Crippen molar-refractivity contribution < 1.29 is 10.0 Å². The summed E-state index contributed by atoms with van der Waals surface area (Å²) in [5, 5.41) is 23.4. The molecule has 0 aromatic carbocycles. The second kappa shape index (κ2) is 43.6. The van der Waals surface area contributed by atoms with Gasteiger partial charge in [0.1, 0.15) is 0 Å². The van der Waals surface area contributed by atoms with Crippen LogP contribution in [-0.2, 0) is 4.79 Å². The lowest BCUT2D eigenvalue weighted by Crippen LogP contribution is -2.38. The van der Waals surface area contributed by atoms with E-state index in [0.29, 0.717) is 26.1 Å². The number of carbonyl (C=O) groups is 1. The average Bonchev–Trinajstić information content (AvgIpc) is 3.20. The molecule has 0 aromatic heterocycles. The Morgan fingerprint density at radius 2 is 1.07 bits per heavy atom. The molecule has 0 radical (unpaired) electrons. The fraction of sp³-hybridized carbons (Fsp3) is 0.812. The number of nitrogens with zero attached hydrogens (tertiary/aromatic N) is 1. The summed E-state index contributed by atoms with van der Waals surface area (Å²) in [6.45, 7) is 25.6. The van der Waals surface area contributed by atoms with Gasteiger partial charge in [-0.2, -0.15) is 11.8 Å². The molecule has 0 fully saturated rings. The third kappa shape index (κ3) is 39.3. The third-order valence-electron chi connectivity index (χ3n) is 10.7. The van der Waals surface area contributed by atoms with Crippen LogP contribution in [-0.4, -0.2) is 72.8 Å². The van der Waals surface area contributed by atoms with Gasteiger partial charge in [-0.3, -0.25) is 4.79 Å². The van der Waals surface area contributed by atoms with Gasteiger partial charge < -0.3 is 31.4 Å². The minimum Gasteiger partial charge on any atom is -0.389 e. The molecule has 1 amide bonds. The van der Waals surface area contributed by atoms with E-state index in [0.717, 1.165) is 75.3 Å². The van der Waals surface area contributed by atoms with Crippen LogP contribution in [0.25, 0.3) is 0 Å². The van der Waals surface area contributed by atoms with Crippen molar-refractivity contribution in [2.75, 3.05) is 50.8 Å². The lowest BCUT2D eigenvalue weighted by atomic mass is 10.0. The maximum atomic E-state index is 12.0. The van der Waals surface area contributed by atoms with Crippen molar-refractivity contribution >= 4 is 17.7 Å². The van der Waals surface area contributed by atoms with Gasteiger partial charge >= 0.3 is 0 Å². The van der Waals surface area contributed by atoms with E-state index < -0.39 is 0 Å². The fourth-order valence-corrected chi connectivity index (χ4v) is 7.89. The van der Waals surface area contributed by atoms with Crippen molar-refractivity contribution in [3.8, 4) is 0 Å². The maximum Gasteiger partial charge on any atom is 0.226 e. The smallest absolute Gasteiger partial charge is 0.226 e. The topological polar surface area (TPSA) is 101 Å². The standard InChI is InChI=1S/C48H94N6O2S/c1-7-10-11-12-13-14-15-16-17-18-19-20-21-24-29-37-52-47(43-53-56)35-34-46(6)51-39-42-57-41-30-27-33-44(4)49-36-28-25-22-23-26-32-45(5)50-38-40-54(9-3)48(55)31-8-2/h9,47,49-53,56H,3-8,10-43H2,1-2H3. The molecule has 0 saturated heterocycles. The molecule has 1 atom stereocenters. The maximum absolute atomic E-state index is 12.0. The Morgan fingerprint density at radius 1 is 0.579 bits per heavy atom. The molecule has 0 spiro atoms. The first-order chi connectivity index (χ1) is 27.9. The summed E-state index contributed by atoms with van der Waals surface area (Å²) in [5.41, 5.74) is 5.70. The average molecular weight is 819 g/mol. The lowest BCUT2D eigenvalue weighted by molar-refractivity contribution is -0.128. The highest BCUT2D eigenvalue weighted by Gasteiger charge is 2.10. The van der Waals surface area contributed by atoms with Gasteiger partial charge in [-0.25, -0.2) is 5.48 Å². The Hall–Kier alpha value is -1.94. The first-order valence-electron chi connectivity index (χ1n) is 23.7. The van der Waals surface area contributed by atoms with E-state index in [9.17, 15) is 10.0 Å². The molecule has 0 aliphatic carbocycles. The first-order valence-corrected chi connectivity index (χ1v) is 24.9. The molecule has 334 valence electrons. The van der Waals surface area contributed by atoms with Crippen LogP contribution in [0.4, 0.5) is 0 Å². The molecule has 6 N–H and O–H groups in total. The number of amides is 1. The van der Waals surface area contributed by atoms with Crippen LogP contribution >= 0.6 is 11.8 Å². The largest absolute Gasteiger partial charge is 0.389 e. The summed E-state index contributed by atoms with van der Waals surface area (Å²) in [5.74, 6) is 2.41. The molecule has 0 bridgehead atoms. The molecule has 0 heterocycles. The van der Waals surface area contributed by atoms with Crippen LogP contribution in [0.5, 0.6) is 0 Å². The Kier molecular flexibility index (Phi) is 42.1. The van der Waals surface area contributed by atoms with E-state index in [-0.39, 0.29) is 11.9 Å². The number of thioether (sulfide) groups is 1. The summed E-state index contributed by atoms with van der Waals surface area (Å²) in [4.78, 5) is 13.7. The summed E-state index contributed by atoms with van der Waals surface area (Å²) < 4.78 is 0. The van der Waals surface area contributed by atoms with Crippen molar-refractivity contribution in [1.82, 2.24) is 31.6 Å². The molecule has 0 aromatic rings. The van der Waals surface area contributed by atoms with Crippen LogP contribution < -0.4 is 26.7 Å². The molecule has 8 nitrogen and oxygen atoms in total. The Morgan fingerprint density at radius 3 is 1.63 bits per heavy atom. The van der Waals surface area contributed by atoms with Crippen LogP contribution in [0.1, 0.15) is 194 Å². The van der Waals surface area contributed by atoms with E-state index in [4.69, 9.17) is 0 Å². The molecule has 57 heavy (non-hydrogen) atoms. The van der Waals surface area contributed by atoms with Gasteiger partial charge in [0.2, 0.25) is 5.91 Å². The third-order valence-corrected chi connectivity index (χ3v) is 11.8. The van der Waals surface area contributed by atoms with Crippen molar-refractivity contribution in [2.24, 2.45) is 0 Å². The highest BCUT2D eigenvalue weighted by molar-refractivity contribution is 7.99. The molecule has 9 heteroatoms. The summed E-state index contributed by atoms with van der Waals surface area (Å²) in [6.07, 6.45) is 36.3. The number of hydrogen-bond donors (Lipinski definition) is 6. The van der Waals surface area contributed by atoms with Crippen molar-refractivity contribution in [3.63, 3.8) is 0 Å². The predicted octanol–water partition coefficient (Wildman–Crippen LogP) is 11.9. The molecule has 0 rings (SSSR count). The number of carbonyl (C=O) groups excluding carboxylic acids is 1. The Balaban J connectivity index is 3.60. The number of rotatable bonds is 47. The van der Waals surface area contributed by atoms with E-state index in [2.05, 4.69) is 60.0 Å². The molecular formula is C48H94N6O2S. The van der Waals surface area contributed by atoms with Gasteiger partial charge in [-0.15, -0.1) is 0 Å². The predicted molar refractivity (Wildman–Crippen MR) is 253 cm³/mol. The SMILES string of the molecule is C=CN(CCNC(=C)CCCCCCCNC(=C)CCCCSCCNC(=C)CCC(CNO)NCCCCCCCCCCCCCCCCC)C(=O)CCC. The Bertz CT molecular complexity index is 963. The molecule has 0 aliphatic heterocycles. The first kappa shape index (κ1) is 55.1. The minimum atomic E-state index is 0.136. The fourth-order valence-electron chi connectivity index (χ4n) is 7.03. The highest BCUT2D eigenvalue weighted by Crippen LogP contribution is 2.14. The number of hydroxylamine groups is 1. The zero-order valence-electron chi connectivity index (χ0n) is 37.6. The van der Waals surface area contributed by atoms with Crippen molar-refractivity contribution in [3.05, 3.63) is 49.6 Å². The summed E-state index contributed by atoms with van der Waals surface area (Å²) >= 11 is 2.01. The van der Waals surface area contributed by atoms with Gasteiger partial charge in [0.15, 0.2) is 0 Å².